The van der Waals surface area contributed by atoms with Crippen LogP contribution >= 0.6 is 0 Å². The summed E-state index contributed by atoms with van der Waals surface area (Å²) in [6.45, 7) is 5.46. The third kappa shape index (κ3) is 6.50. The molecule has 10 nitrogen and oxygen atoms in total. The molecule has 3 aromatic heterocycles. The topological polar surface area (TPSA) is 106 Å². The highest BCUT2D eigenvalue weighted by molar-refractivity contribution is 5.80. The van der Waals surface area contributed by atoms with Crippen molar-refractivity contribution >= 4 is 16.9 Å². The number of ether oxygens (including phenoxy) is 1. The van der Waals surface area contributed by atoms with Crippen molar-refractivity contribution in [2.75, 3.05) is 33.3 Å². The summed E-state index contributed by atoms with van der Waals surface area (Å²) in [7, 11) is 1.62. The van der Waals surface area contributed by atoms with E-state index in [9.17, 15) is 14.7 Å². The molecule has 10 heteroatoms. The Bertz CT molecular complexity index is 1930. The van der Waals surface area contributed by atoms with Gasteiger partial charge in [-0.3, -0.25) is 24.0 Å². The van der Waals surface area contributed by atoms with E-state index in [1.807, 2.05) is 77.3 Å². The highest BCUT2D eigenvalue weighted by atomic mass is 16.5. The van der Waals surface area contributed by atoms with Gasteiger partial charge in [-0.2, -0.15) is 0 Å². The molecule has 2 aliphatic heterocycles. The van der Waals surface area contributed by atoms with E-state index in [1.165, 1.54) is 22.0 Å². The fourth-order valence-corrected chi connectivity index (χ4v) is 7.32. The van der Waals surface area contributed by atoms with Crippen molar-refractivity contribution < 1.29 is 14.6 Å². The van der Waals surface area contributed by atoms with Gasteiger partial charge in [0.25, 0.3) is 5.56 Å². The Hall–Kier alpha value is -4.80. The van der Waals surface area contributed by atoms with Crippen molar-refractivity contribution in [2.24, 2.45) is 5.92 Å². The second-order valence-electron chi connectivity index (χ2n) is 13.3. The first-order chi connectivity index (χ1) is 23.3. The van der Waals surface area contributed by atoms with Crippen molar-refractivity contribution in [3.05, 3.63) is 119 Å². The number of likely N-dealkylation sites (tertiary alicyclic amines) is 2. The Kier molecular flexibility index (Phi) is 8.85. The van der Waals surface area contributed by atoms with Gasteiger partial charge in [0.1, 0.15) is 12.1 Å². The summed E-state index contributed by atoms with van der Waals surface area (Å²) >= 11 is 0. The first kappa shape index (κ1) is 31.8. The number of pyridine rings is 1. The lowest BCUT2D eigenvalue weighted by molar-refractivity contribution is -0.142. The van der Waals surface area contributed by atoms with Gasteiger partial charge in [-0.15, -0.1) is 0 Å². The van der Waals surface area contributed by atoms with Crippen LogP contribution in [0.5, 0.6) is 5.75 Å². The molecule has 0 aliphatic carbocycles. The summed E-state index contributed by atoms with van der Waals surface area (Å²) in [6.07, 6.45) is 6.86. The van der Waals surface area contributed by atoms with Gasteiger partial charge >= 0.3 is 0 Å². The van der Waals surface area contributed by atoms with Gasteiger partial charge in [-0.1, -0.05) is 36.4 Å². The summed E-state index contributed by atoms with van der Waals surface area (Å²) in [5.74, 6) is 0.852. The van der Waals surface area contributed by atoms with E-state index in [1.54, 1.807) is 13.2 Å². The number of fused-ring (bicyclic) bond motifs is 1. The monoisotopic (exact) mass is 646 g/mol. The van der Waals surface area contributed by atoms with Crippen molar-refractivity contribution in [1.82, 2.24) is 28.9 Å². The first-order valence-corrected chi connectivity index (χ1v) is 16.7. The van der Waals surface area contributed by atoms with Crippen LogP contribution in [0, 0.1) is 12.8 Å². The molecule has 0 unspecified atom stereocenters. The van der Waals surface area contributed by atoms with Crippen LogP contribution < -0.4 is 10.3 Å². The number of hydrogen-bond acceptors (Lipinski definition) is 7. The molecular weight excluding hydrogens is 604 g/mol. The largest absolute Gasteiger partial charge is 0.497 e. The fraction of sp³-hybridized carbons (Fsp3) is 0.368. The summed E-state index contributed by atoms with van der Waals surface area (Å²) in [5, 5.41) is 12.1. The lowest BCUT2D eigenvalue weighted by Crippen LogP contribution is -2.53. The van der Waals surface area contributed by atoms with Crippen LogP contribution in [0.4, 0.5) is 0 Å². The molecule has 7 rings (SSSR count). The molecule has 2 aromatic carbocycles. The van der Waals surface area contributed by atoms with Crippen molar-refractivity contribution in [3.63, 3.8) is 0 Å². The Labute approximate surface area is 280 Å². The van der Waals surface area contributed by atoms with E-state index < -0.39 is 5.60 Å². The Morgan fingerprint density at radius 1 is 0.979 bits per heavy atom. The number of piperidine rings is 2. The molecule has 0 saturated carbocycles. The summed E-state index contributed by atoms with van der Waals surface area (Å²) in [4.78, 5) is 41.0. The molecular formula is C38H42N6O4. The Morgan fingerprint density at radius 2 is 1.75 bits per heavy atom. The number of methoxy groups -OCH3 is 1. The number of rotatable bonds is 8. The van der Waals surface area contributed by atoms with Gasteiger partial charge < -0.3 is 19.3 Å². The number of aryl methyl sites for hydroxylation is 1. The van der Waals surface area contributed by atoms with Crippen LogP contribution in [0.2, 0.25) is 0 Å². The van der Waals surface area contributed by atoms with Crippen molar-refractivity contribution in [3.8, 4) is 11.4 Å². The fourth-order valence-electron chi connectivity index (χ4n) is 7.32. The summed E-state index contributed by atoms with van der Waals surface area (Å²) in [5.41, 5.74) is 3.48. The average molecular weight is 647 g/mol. The quantitative estimate of drug-likeness (QED) is 0.264. The van der Waals surface area contributed by atoms with E-state index >= 15 is 0 Å². The molecule has 0 bridgehead atoms. The van der Waals surface area contributed by atoms with Gasteiger partial charge in [0.05, 0.1) is 24.6 Å². The predicted octanol–water partition coefficient (Wildman–Crippen LogP) is 4.56. The second-order valence-corrected chi connectivity index (χ2v) is 13.3. The highest BCUT2D eigenvalue weighted by Gasteiger charge is 2.41. The van der Waals surface area contributed by atoms with E-state index in [-0.39, 0.29) is 29.8 Å². The lowest BCUT2D eigenvalue weighted by Gasteiger charge is -2.43. The maximum absolute atomic E-state index is 14.1. The Balaban J connectivity index is 1.02. The number of hydrogen-bond donors (Lipinski definition) is 1. The van der Waals surface area contributed by atoms with E-state index in [0.717, 1.165) is 43.2 Å². The first-order valence-electron chi connectivity index (χ1n) is 16.7. The van der Waals surface area contributed by atoms with E-state index in [4.69, 9.17) is 4.74 Å². The number of carbonyl (C=O) groups excluding carboxylic acids is 1. The highest BCUT2D eigenvalue weighted by Crippen LogP contribution is 2.36. The zero-order valence-electron chi connectivity index (χ0n) is 27.5. The van der Waals surface area contributed by atoms with Crippen LogP contribution in [0.3, 0.4) is 0 Å². The maximum Gasteiger partial charge on any atom is 0.262 e. The van der Waals surface area contributed by atoms with E-state index in [0.29, 0.717) is 37.0 Å². The second kappa shape index (κ2) is 13.4. The SMILES string of the molecule is COc1ccc(-n2ccc3c(=O)n(CC4(O)CCN(C(=O)[C@@H]5CCN(Cc6ccc(C)nc6)C[C@H]5c5ccccc5)CC4)cnc32)cc1. The molecule has 0 spiro atoms. The number of amides is 1. The molecule has 2 atom stereocenters. The molecule has 1 N–H and O–H groups in total. The Morgan fingerprint density at radius 3 is 2.46 bits per heavy atom. The van der Waals surface area contributed by atoms with Crippen molar-refractivity contribution in [1.29, 1.82) is 0 Å². The number of aromatic nitrogens is 4. The average Bonchev–Trinajstić information content (AvgIpc) is 3.56. The third-order valence-electron chi connectivity index (χ3n) is 10.1. The van der Waals surface area contributed by atoms with Crippen LogP contribution in [0.25, 0.3) is 16.7 Å². The van der Waals surface area contributed by atoms with Crippen LogP contribution in [-0.4, -0.2) is 78.8 Å². The number of aliphatic hydroxyl groups is 1. The molecule has 5 heterocycles. The lowest BCUT2D eigenvalue weighted by atomic mass is 9.79. The molecule has 5 aromatic rings. The molecule has 2 aliphatic rings. The van der Waals surface area contributed by atoms with Gasteiger partial charge in [-0.25, -0.2) is 4.98 Å². The number of nitrogens with zero attached hydrogens (tertiary/aromatic N) is 6. The normalized spacial score (nSPS) is 19.8. The molecule has 2 fully saturated rings. The minimum atomic E-state index is -1.11. The summed E-state index contributed by atoms with van der Waals surface area (Å²) < 4.78 is 8.63. The standard InChI is InChI=1S/C38H42N6O4/c1-27-8-9-28(22-39-27)23-41-18-14-32(34(24-41)29-6-4-3-5-7-29)36(45)42-20-16-38(47,17-21-42)25-43-26-40-35-33(37(43)46)15-19-44(35)30-10-12-31(48-2)13-11-30/h3-13,15,19,22,26,32,34,47H,14,16-18,20-21,23-25H2,1-2H3/t32-,34+/m1/s1. The molecule has 0 radical (unpaired) electrons. The minimum Gasteiger partial charge on any atom is -0.497 e. The number of benzene rings is 2. The van der Waals surface area contributed by atoms with Crippen LogP contribution in [-0.2, 0) is 17.9 Å². The van der Waals surface area contributed by atoms with Crippen LogP contribution in [0.1, 0.15) is 42.0 Å². The predicted molar refractivity (Wildman–Crippen MR) is 184 cm³/mol. The van der Waals surface area contributed by atoms with E-state index in [2.05, 4.69) is 33.1 Å². The van der Waals surface area contributed by atoms with Gasteiger partial charge in [0.15, 0.2) is 5.65 Å². The zero-order chi connectivity index (χ0) is 33.3. The molecule has 248 valence electrons. The molecule has 48 heavy (non-hydrogen) atoms. The van der Waals surface area contributed by atoms with Gasteiger partial charge in [-0.05, 0) is 80.3 Å². The maximum atomic E-state index is 14.1. The van der Waals surface area contributed by atoms with Crippen molar-refractivity contribution in [2.45, 2.75) is 50.8 Å². The third-order valence-corrected chi connectivity index (χ3v) is 10.1. The smallest absolute Gasteiger partial charge is 0.262 e. The zero-order valence-corrected chi connectivity index (χ0v) is 27.5. The van der Waals surface area contributed by atoms with Gasteiger partial charge in [0, 0.05) is 61.8 Å². The van der Waals surface area contributed by atoms with Crippen LogP contribution in [0.15, 0.2) is 96.3 Å². The molecule has 2 saturated heterocycles. The van der Waals surface area contributed by atoms with Gasteiger partial charge in [0.2, 0.25) is 5.91 Å². The minimum absolute atomic E-state index is 0.0771. The molecule has 1 amide bonds. The summed E-state index contributed by atoms with van der Waals surface area (Å²) in [6, 6.07) is 23.9. The number of carbonyl (C=O) groups is 1.